The van der Waals surface area contributed by atoms with Crippen LogP contribution in [0.4, 0.5) is 0 Å². The van der Waals surface area contributed by atoms with Gasteiger partial charge in [-0.2, -0.15) is 0 Å². The summed E-state index contributed by atoms with van der Waals surface area (Å²) in [6.45, 7) is 8.06. The maximum Gasteiger partial charge on any atom is 0.142 e. The van der Waals surface area contributed by atoms with Crippen molar-refractivity contribution >= 4 is 0 Å². The molecule has 0 aliphatic heterocycles. The van der Waals surface area contributed by atoms with Crippen molar-refractivity contribution in [3.8, 4) is 0 Å². The van der Waals surface area contributed by atoms with Crippen LogP contribution in [0.3, 0.4) is 0 Å². The summed E-state index contributed by atoms with van der Waals surface area (Å²) in [5.74, 6) is 1.77. The lowest BCUT2D eigenvalue weighted by molar-refractivity contribution is 0.542. The minimum Gasteiger partial charge on any atom is -0.221 e. The van der Waals surface area contributed by atoms with E-state index in [2.05, 4.69) is 58.8 Å². The third kappa shape index (κ3) is 3.10. The Balaban J connectivity index is 2.29. The van der Waals surface area contributed by atoms with Gasteiger partial charge in [-0.3, -0.25) is 0 Å². The van der Waals surface area contributed by atoms with E-state index in [1.165, 1.54) is 0 Å². The molecule has 2 atom stereocenters. The lowest BCUT2D eigenvalue weighted by Crippen LogP contribution is -2.24. The number of hydrogen-bond donors (Lipinski definition) is 0. The van der Waals surface area contributed by atoms with Gasteiger partial charge < -0.3 is 0 Å². The molecule has 20 heavy (non-hydrogen) atoms. The molecule has 0 amide bonds. The Labute approximate surface area is 120 Å². The number of aromatic nitrogens is 3. The van der Waals surface area contributed by atoms with Gasteiger partial charge >= 0.3 is 0 Å². The van der Waals surface area contributed by atoms with Gasteiger partial charge in [-0.05, 0) is 26.7 Å². The molecule has 0 fully saturated rings. The van der Waals surface area contributed by atoms with E-state index in [-0.39, 0.29) is 11.3 Å². The second-order valence-electron chi connectivity index (χ2n) is 5.22. The van der Waals surface area contributed by atoms with Crippen molar-refractivity contribution in [3.63, 3.8) is 0 Å². The number of nitrogens with zero attached hydrogens (tertiary/aromatic N) is 3. The summed E-state index contributed by atoms with van der Waals surface area (Å²) in [7, 11) is 0. The van der Waals surface area contributed by atoms with E-state index < -0.39 is 0 Å². The zero-order chi connectivity index (χ0) is 14.4. The Hall–Kier alpha value is -2.03. The Morgan fingerprint density at radius 3 is 2.90 bits per heavy atom. The molecule has 1 aromatic heterocycles. The topological polar surface area (TPSA) is 38.7 Å². The largest absolute Gasteiger partial charge is 0.221 e. The first kappa shape index (κ1) is 14.4. The molecule has 0 saturated heterocycles. The highest BCUT2D eigenvalue weighted by molar-refractivity contribution is 5.26. The molecule has 104 valence electrons. The predicted octanol–water partition coefficient (Wildman–Crippen LogP) is 3.88. The van der Waals surface area contributed by atoms with Crippen LogP contribution in [-0.2, 0) is 5.41 Å². The highest BCUT2D eigenvalue weighted by Crippen LogP contribution is 2.30. The fourth-order valence-electron chi connectivity index (χ4n) is 2.25. The van der Waals surface area contributed by atoms with Gasteiger partial charge in [0.05, 0.1) is 0 Å². The molecule has 0 radical (unpaired) electrons. The van der Waals surface area contributed by atoms with Gasteiger partial charge in [0.1, 0.15) is 18.0 Å². The van der Waals surface area contributed by atoms with Crippen molar-refractivity contribution < 1.29 is 0 Å². The van der Waals surface area contributed by atoms with Crippen LogP contribution in [0.15, 0.2) is 55.4 Å². The summed E-state index contributed by atoms with van der Waals surface area (Å²) in [6.07, 6.45) is 17.9. The van der Waals surface area contributed by atoms with Gasteiger partial charge in [0, 0.05) is 11.3 Å². The normalized spacial score (nSPS) is 23.1. The van der Waals surface area contributed by atoms with Gasteiger partial charge in [0.15, 0.2) is 0 Å². The smallest absolute Gasteiger partial charge is 0.142 e. The van der Waals surface area contributed by atoms with E-state index in [4.69, 9.17) is 0 Å². The number of hydrogen-bond acceptors (Lipinski definition) is 3. The van der Waals surface area contributed by atoms with Crippen LogP contribution in [-0.4, -0.2) is 15.0 Å². The summed E-state index contributed by atoms with van der Waals surface area (Å²) in [5, 5.41) is 0. The molecule has 0 N–H and O–H groups in total. The third-order valence-corrected chi connectivity index (χ3v) is 3.60. The van der Waals surface area contributed by atoms with Crippen LogP contribution in [0.5, 0.6) is 0 Å². The Morgan fingerprint density at radius 1 is 1.40 bits per heavy atom. The molecule has 2 rings (SSSR count). The molecule has 1 heterocycles. The van der Waals surface area contributed by atoms with Crippen LogP contribution < -0.4 is 0 Å². The summed E-state index contributed by atoms with van der Waals surface area (Å²) >= 11 is 0. The van der Waals surface area contributed by atoms with Gasteiger partial charge in [-0.25, -0.2) is 15.0 Å². The predicted molar refractivity (Wildman–Crippen MR) is 82.4 cm³/mol. The van der Waals surface area contributed by atoms with Crippen LogP contribution >= 0.6 is 0 Å². The maximum absolute atomic E-state index is 4.68. The minimum absolute atomic E-state index is 0.139. The standard InChI is InChI=1S/C17H21N3/c1-4-6-10-14(5-2)15-18-13-19-16(20-15)17(3)11-8-7-9-12-17/h4-9,11,13-14H,2,10,12H2,1,3H3/b6-4-/t14?,17-/m1/s1. The number of allylic oxidation sites excluding steroid dienone is 7. The molecule has 1 aliphatic rings. The maximum atomic E-state index is 4.68. The van der Waals surface area contributed by atoms with Crippen molar-refractivity contribution in [3.05, 3.63) is 67.1 Å². The first-order valence-electron chi connectivity index (χ1n) is 6.97. The molecule has 0 saturated carbocycles. The SMILES string of the molecule is C=CC(C/C=C\C)c1ncnc([C@]2(C)C=CC=CC2)n1. The third-order valence-electron chi connectivity index (χ3n) is 3.60. The summed E-state index contributed by atoms with van der Waals surface area (Å²) in [6, 6.07) is 0. The highest BCUT2D eigenvalue weighted by atomic mass is 15.0. The molecule has 1 unspecified atom stereocenters. The van der Waals surface area contributed by atoms with Crippen LogP contribution in [0.25, 0.3) is 0 Å². The zero-order valence-corrected chi connectivity index (χ0v) is 12.2. The van der Waals surface area contributed by atoms with Crippen molar-refractivity contribution in [1.82, 2.24) is 15.0 Å². The van der Waals surface area contributed by atoms with E-state index >= 15 is 0 Å². The van der Waals surface area contributed by atoms with Crippen molar-refractivity contribution in [2.45, 2.75) is 38.0 Å². The second kappa shape index (κ2) is 6.42. The Kier molecular flexibility index (Phi) is 4.61. The van der Waals surface area contributed by atoms with Crippen molar-refractivity contribution in [1.29, 1.82) is 0 Å². The van der Waals surface area contributed by atoms with Gasteiger partial charge in [-0.1, -0.05) is 42.5 Å². The van der Waals surface area contributed by atoms with Crippen molar-refractivity contribution in [2.24, 2.45) is 0 Å². The zero-order valence-electron chi connectivity index (χ0n) is 12.2. The summed E-state index contributed by atoms with van der Waals surface area (Å²) < 4.78 is 0. The lowest BCUT2D eigenvalue weighted by atomic mass is 9.83. The quantitative estimate of drug-likeness (QED) is 0.760. The molecule has 1 aliphatic carbocycles. The van der Waals surface area contributed by atoms with Crippen LogP contribution in [0.2, 0.25) is 0 Å². The molecular formula is C17H21N3. The molecule has 3 heteroatoms. The van der Waals surface area contributed by atoms with E-state index in [0.29, 0.717) is 0 Å². The van der Waals surface area contributed by atoms with Gasteiger partial charge in [-0.15, -0.1) is 6.58 Å². The van der Waals surface area contributed by atoms with Crippen LogP contribution in [0, 0.1) is 0 Å². The average Bonchev–Trinajstić information content (AvgIpc) is 2.49. The summed E-state index contributed by atoms with van der Waals surface area (Å²) in [4.78, 5) is 13.4. The van der Waals surface area contributed by atoms with Gasteiger partial charge in [0.25, 0.3) is 0 Å². The van der Waals surface area contributed by atoms with E-state index in [0.717, 1.165) is 24.5 Å². The molecule has 1 aromatic rings. The average molecular weight is 267 g/mol. The second-order valence-corrected chi connectivity index (χ2v) is 5.22. The fraction of sp³-hybridized carbons (Fsp3) is 0.353. The summed E-state index contributed by atoms with van der Waals surface area (Å²) in [5.41, 5.74) is -0.140. The van der Waals surface area contributed by atoms with E-state index in [1.54, 1.807) is 6.33 Å². The van der Waals surface area contributed by atoms with E-state index in [9.17, 15) is 0 Å². The molecule has 0 aromatic carbocycles. The first-order valence-corrected chi connectivity index (χ1v) is 6.97. The van der Waals surface area contributed by atoms with Crippen molar-refractivity contribution in [2.75, 3.05) is 0 Å². The van der Waals surface area contributed by atoms with Crippen LogP contribution in [0.1, 0.15) is 44.3 Å². The minimum atomic E-state index is -0.140. The molecular weight excluding hydrogens is 246 g/mol. The fourth-order valence-corrected chi connectivity index (χ4v) is 2.25. The highest BCUT2D eigenvalue weighted by Gasteiger charge is 2.27. The van der Waals surface area contributed by atoms with E-state index in [1.807, 2.05) is 19.1 Å². The molecule has 3 nitrogen and oxygen atoms in total. The lowest BCUT2D eigenvalue weighted by Gasteiger charge is -2.25. The van der Waals surface area contributed by atoms with Gasteiger partial charge in [0.2, 0.25) is 0 Å². The monoisotopic (exact) mass is 267 g/mol. The Morgan fingerprint density at radius 2 is 2.25 bits per heavy atom. The molecule has 0 spiro atoms. The molecule has 0 bridgehead atoms. The number of rotatable bonds is 5. The Bertz CT molecular complexity index is 557. The first-order chi connectivity index (χ1) is 9.69.